The Hall–Kier alpha value is 0.120. The Morgan fingerprint density at radius 3 is 2.29 bits per heavy atom. The number of methoxy groups -OCH3 is 2. The van der Waals surface area contributed by atoms with Gasteiger partial charge in [-0.3, -0.25) is 0 Å². The summed E-state index contributed by atoms with van der Waals surface area (Å²) >= 11 is 0. The van der Waals surface area contributed by atoms with Crippen LogP contribution >= 0.6 is 10.7 Å². The molecule has 0 fully saturated rings. The first-order chi connectivity index (χ1) is 6.43. The van der Waals surface area contributed by atoms with E-state index < -0.39 is 9.24 Å². The highest BCUT2D eigenvalue weighted by Crippen LogP contribution is 2.11. The largest absolute Gasteiger partial charge is 0.383 e. The maximum Gasteiger partial charge on any atom is 0.300 e. The van der Waals surface area contributed by atoms with Crippen molar-refractivity contribution in [1.82, 2.24) is 4.31 Å². The second kappa shape index (κ2) is 6.58. The van der Waals surface area contributed by atoms with Gasteiger partial charge in [-0.05, 0) is 6.92 Å². The van der Waals surface area contributed by atoms with E-state index in [4.69, 9.17) is 20.2 Å². The standard InChI is InChI=1S/C7H16ClNO4S/c1-7(6-13-3)9(4-5-12-2)14(8,10)11/h7H,4-6H2,1-3H3. The van der Waals surface area contributed by atoms with Gasteiger partial charge in [-0.25, -0.2) is 0 Å². The number of rotatable bonds is 7. The molecule has 86 valence electrons. The SMILES string of the molecule is COCCN(C(C)COC)S(=O)(=O)Cl. The van der Waals surface area contributed by atoms with Gasteiger partial charge < -0.3 is 9.47 Å². The van der Waals surface area contributed by atoms with E-state index in [1.807, 2.05) is 0 Å². The molecule has 14 heavy (non-hydrogen) atoms. The van der Waals surface area contributed by atoms with Gasteiger partial charge in [0.05, 0.1) is 13.2 Å². The van der Waals surface area contributed by atoms with E-state index in [0.29, 0.717) is 13.2 Å². The molecule has 0 rings (SSSR count). The van der Waals surface area contributed by atoms with Crippen LogP contribution in [0, 0.1) is 0 Å². The topological polar surface area (TPSA) is 55.8 Å². The number of hydrogen-bond donors (Lipinski definition) is 0. The number of nitrogens with zero attached hydrogens (tertiary/aromatic N) is 1. The molecule has 0 aliphatic carbocycles. The van der Waals surface area contributed by atoms with Crippen LogP contribution in [0.15, 0.2) is 0 Å². The third-order valence-electron chi connectivity index (χ3n) is 1.70. The van der Waals surface area contributed by atoms with E-state index in [2.05, 4.69) is 0 Å². The molecular weight excluding hydrogens is 230 g/mol. The first-order valence-electron chi connectivity index (χ1n) is 4.12. The lowest BCUT2D eigenvalue weighted by Crippen LogP contribution is -2.40. The van der Waals surface area contributed by atoms with Gasteiger partial charge in [-0.2, -0.15) is 12.7 Å². The van der Waals surface area contributed by atoms with E-state index in [-0.39, 0.29) is 12.6 Å². The van der Waals surface area contributed by atoms with Gasteiger partial charge >= 0.3 is 0 Å². The second-order valence-corrected chi connectivity index (χ2v) is 5.31. The van der Waals surface area contributed by atoms with Crippen molar-refractivity contribution in [3.63, 3.8) is 0 Å². The van der Waals surface area contributed by atoms with Gasteiger partial charge in [0.25, 0.3) is 9.24 Å². The average Bonchev–Trinajstić information content (AvgIpc) is 2.03. The molecule has 5 nitrogen and oxygen atoms in total. The Morgan fingerprint density at radius 2 is 1.93 bits per heavy atom. The maximum absolute atomic E-state index is 11.1. The van der Waals surface area contributed by atoms with Gasteiger partial charge in [0.15, 0.2) is 0 Å². The molecule has 7 heteroatoms. The molecule has 0 aromatic carbocycles. The zero-order chi connectivity index (χ0) is 11.2. The molecule has 0 bridgehead atoms. The molecule has 0 N–H and O–H groups in total. The lowest BCUT2D eigenvalue weighted by molar-refractivity contribution is 0.120. The Balaban J connectivity index is 4.39. The van der Waals surface area contributed by atoms with Gasteiger partial charge in [0, 0.05) is 37.5 Å². The fourth-order valence-corrected chi connectivity index (χ4v) is 2.45. The van der Waals surface area contributed by atoms with Crippen molar-refractivity contribution in [2.45, 2.75) is 13.0 Å². The summed E-state index contributed by atoms with van der Waals surface area (Å²) in [7, 11) is 4.55. The van der Waals surface area contributed by atoms with Gasteiger partial charge in [0.1, 0.15) is 0 Å². The summed E-state index contributed by atoms with van der Waals surface area (Å²) in [5.74, 6) is 0. The fourth-order valence-electron chi connectivity index (χ4n) is 1.05. The summed E-state index contributed by atoms with van der Waals surface area (Å²) < 4.78 is 33.1. The first-order valence-corrected chi connectivity index (χ1v) is 6.39. The van der Waals surface area contributed by atoms with E-state index in [1.54, 1.807) is 6.92 Å². The molecule has 1 unspecified atom stereocenters. The summed E-state index contributed by atoms with van der Waals surface area (Å²) in [6, 6.07) is -0.294. The second-order valence-electron chi connectivity index (χ2n) is 2.85. The van der Waals surface area contributed by atoms with Crippen LogP contribution in [-0.2, 0) is 18.7 Å². The van der Waals surface area contributed by atoms with Crippen molar-refractivity contribution in [2.75, 3.05) is 34.0 Å². The molecule has 0 radical (unpaired) electrons. The summed E-state index contributed by atoms with van der Waals surface area (Å²) in [5.41, 5.74) is 0. The summed E-state index contributed by atoms with van der Waals surface area (Å²) in [4.78, 5) is 0. The molecule has 0 aromatic rings. The van der Waals surface area contributed by atoms with Crippen LogP contribution in [0.4, 0.5) is 0 Å². The molecular formula is C7H16ClNO4S. The van der Waals surface area contributed by atoms with Crippen LogP contribution in [-0.4, -0.2) is 52.7 Å². The van der Waals surface area contributed by atoms with Crippen LogP contribution in [0.5, 0.6) is 0 Å². The molecule has 0 saturated heterocycles. The van der Waals surface area contributed by atoms with Gasteiger partial charge in [-0.1, -0.05) is 0 Å². The molecule has 0 heterocycles. The molecule has 0 amide bonds. The summed E-state index contributed by atoms with van der Waals surface area (Å²) in [5, 5.41) is 0. The summed E-state index contributed by atoms with van der Waals surface area (Å²) in [6.07, 6.45) is 0. The van der Waals surface area contributed by atoms with Crippen molar-refractivity contribution < 1.29 is 17.9 Å². The quantitative estimate of drug-likeness (QED) is 0.612. The normalized spacial score (nSPS) is 14.6. The Bertz CT molecular complexity index is 244. The molecule has 0 aliphatic heterocycles. The minimum absolute atomic E-state index is 0.229. The lowest BCUT2D eigenvalue weighted by Gasteiger charge is -2.24. The van der Waals surface area contributed by atoms with E-state index >= 15 is 0 Å². The average molecular weight is 246 g/mol. The highest BCUT2D eigenvalue weighted by Gasteiger charge is 2.24. The predicted octanol–water partition coefficient (Wildman–Crippen LogP) is 0.453. The monoisotopic (exact) mass is 245 g/mol. The molecule has 0 aromatic heterocycles. The number of ether oxygens (including phenoxy) is 2. The van der Waals surface area contributed by atoms with Gasteiger partial charge in [0.2, 0.25) is 0 Å². The fraction of sp³-hybridized carbons (Fsp3) is 1.00. The Labute approximate surface area is 89.5 Å². The predicted molar refractivity (Wildman–Crippen MR) is 54.7 cm³/mol. The Morgan fingerprint density at radius 1 is 1.36 bits per heavy atom. The minimum Gasteiger partial charge on any atom is -0.383 e. The highest BCUT2D eigenvalue weighted by atomic mass is 35.7. The van der Waals surface area contributed by atoms with Crippen molar-refractivity contribution in [3.8, 4) is 0 Å². The molecule has 0 aliphatic rings. The highest BCUT2D eigenvalue weighted by molar-refractivity contribution is 8.11. The van der Waals surface area contributed by atoms with Crippen molar-refractivity contribution >= 4 is 19.9 Å². The lowest BCUT2D eigenvalue weighted by atomic mass is 10.3. The zero-order valence-corrected chi connectivity index (χ0v) is 10.1. The molecule has 0 spiro atoms. The van der Waals surface area contributed by atoms with Crippen LogP contribution in [0.25, 0.3) is 0 Å². The van der Waals surface area contributed by atoms with Crippen LogP contribution in [0.2, 0.25) is 0 Å². The minimum atomic E-state index is -3.71. The van der Waals surface area contributed by atoms with Crippen molar-refractivity contribution in [1.29, 1.82) is 0 Å². The summed E-state index contributed by atoms with van der Waals surface area (Å²) in [6.45, 7) is 2.56. The van der Waals surface area contributed by atoms with E-state index in [9.17, 15) is 8.42 Å². The van der Waals surface area contributed by atoms with Crippen LogP contribution < -0.4 is 0 Å². The maximum atomic E-state index is 11.1. The third-order valence-corrected chi connectivity index (χ3v) is 3.33. The zero-order valence-electron chi connectivity index (χ0n) is 8.57. The third kappa shape index (κ3) is 5.11. The number of halogens is 1. The van der Waals surface area contributed by atoms with Gasteiger partial charge in [-0.15, -0.1) is 0 Å². The first kappa shape index (κ1) is 14.1. The van der Waals surface area contributed by atoms with Crippen molar-refractivity contribution in [3.05, 3.63) is 0 Å². The molecule has 1 atom stereocenters. The van der Waals surface area contributed by atoms with E-state index in [1.165, 1.54) is 14.2 Å². The van der Waals surface area contributed by atoms with Crippen molar-refractivity contribution in [2.24, 2.45) is 0 Å². The van der Waals surface area contributed by atoms with Crippen LogP contribution in [0.3, 0.4) is 0 Å². The van der Waals surface area contributed by atoms with Crippen LogP contribution in [0.1, 0.15) is 6.92 Å². The van der Waals surface area contributed by atoms with E-state index in [0.717, 1.165) is 4.31 Å². The number of hydrogen-bond acceptors (Lipinski definition) is 4. The Kier molecular flexibility index (Phi) is 6.63. The molecule has 0 saturated carbocycles. The smallest absolute Gasteiger partial charge is 0.300 e.